The van der Waals surface area contributed by atoms with Gasteiger partial charge in [-0.2, -0.15) is 5.10 Å². The normalized spacial score (nSPS) is 11.8. The molecule has 0 saturated heterocycles. The quantitative estimate of drug-likeness (QED) is 0.521. The van der Waals surface area contributed by atoms with Crippen LogP contribution in [0.5, 0.6) is 0 Å². The third kappa shape index (κ3) is 4.52. The Morgan fingerprint density at radius 3 is 2.55 bits per heavy atom. The zero-order valence-electron chi connectivity index (χ0n) is 15.8. The van der Waals surface area contributed by atoms with Crippen molar-refractivity contribution in [3.05, 3.63) is 96.7 Å². The molecule has 1 amide bonds. The molecule has 6 nitrogen and oxygen atoms in total. The number of benzene rings is 2. The van der Waals surface area contributed by atoms with E-state index in [0.717, 1.165) is 16.1 Å². The second kappa shape index (κ2) is 8.70. The highest BCUT2D eigenvalue weighted by atomic mass is 32.2. The van der Waals surface area contributed by atoms with E-state index in [1.807, 2.05) is 61.5 Å². The molecule has 0 aliphatic rings. The summed E-state index contributed by atoms with van der Waals surface area (Å²) in [6, 6.07) is 21.2. The predicted octanol–water partition coefficient (Wildman–Crippen LogP) is 4.30. The summed E-state index contributed by atoms with van der Waals surface area (Å²) in [6.45, 7) is 1.96. The SMILES string of the molecule is C[C@H](NC(=O)c1cccnc1Sc1ccccc1)c1ccc(-n2cncn2)cc1. The fourth-order valence-corrected chi connectivity index (χ4v) is 3.76. The van der Waals surface area contributed by atoms with Gasteiger partial charge in [-0.05, 0) is 48.9 Å². The van der Waals surface area contributed by atoms with Crippen molar-refractivity contribution in [1.82, 2.24) is 25.1 Å². The number of pyridine rings is 1. The Balaban J connectivity index is 1.48. The molecule has 2 aromatic heterocycles. The van der Waals surface area contributed by atoms with Crippen LogP contribution in [0.3, 0.4) is 0 Å². The molecule has 0 bridgehead atoms. The number of nitrogens with zero attached hydrogens (tertiary/aromatic N) is 4. The van der Waals surface area contributed by atoms with E-state index in [1.54, 1.807) is 29.3 Å². The van der Waals surface area contributed by atoms with E-state index in [1.165, 1.54) is 18.1 Å². The Morgan fingerprint density at radius 2 is 1.83 bits per heavy atom. The standard InChI is InChI=1S/C22H19N5OS/c1-16(17-9-11-18(12-10-17)27-15-23-14-25-27)26-21(28)20-8-5-13-24-22(20)29-19-6-3-2-4-7-19/h2-16H,1H3,(H,26,28)/t16-/m0/s1. The van der Waals surface area contributed by atoms with Gasteiger partial charge in [0.2, 0.25) is 0 Å². The zero-order valence-corrected chi connectivity index (χ0v) is 16.6. The Hall–Kier alpha value is -3.45. The summed E-state index contributed by atoms with van der Waals surface area (Å²) in [4.78, 5) is 22.3. The molecule has 29 heavy (non-hydrogen) atoms. The van der Waals surface area contributed by atoms with E-state index in [0.29, 0.717) is 10.6 Å². The fourth-order valence-electron chi connectivity index (χ4n) is 2.86. The number of hydrogen-bond acceptors (Lipinski definition) is 5. The van der Waals surface area contributed by atoms with Crippen LogP contribution in [0.15, 0.2) is 95.5 Å². The zero-order chi connectivity index (χ0) is 20.1. The van der Waals surface area contributed by atoms with Gasteiger partial charge in [0.25, 0.3) is 5.91 Å². The van der Waals surface area contributed by atoms with Crippen molar-refractivity contribution in [2.45, 2.75) is 22.9 Å². The highest BCUT2D eigenvalue weighted by Crippen LogP contribution is 2.28. The molecular weight excluding hydrogens is 382 g/mol. The number of aromatic nitrogens is 4. The second-order valence-corrected chi connectivity index (χ2v) is 7.46. The van der Waals surface area contributed by atoms with Gasteiger partial charge in [-0.15, -0.1) is 0 Å². The second-order valence-electron chi connectivity index (χ2n) is 6.40. The van der Waals surface area contributed by atoms with Crippen LogP contribution in [-0.2, 0) is 0 Å². The molecule has 2 heterocycles. The molecule has 0 radical (unpaired) electrons. The van der Waals surface area contributed by atoms with Crippen LogP contribution in [0.4, 0.5) is 0 Å². The molecule has 2 aromatic carbocycles. The summed E-state index contributed by atoms with van der Waals surface area (Å²) >= 11 is 1.48. The smallest absolute Gasteiger partial charge is 0.254 e. The van der Waals surface area contributed by atoms with Crippen LogP contribution in [-0.4, -0.2) is 25.7 Å². The summed E-state index contributed by atoms with van der Waals surface area (Å²) in [6.07, 6.45) is 4.85. The third-order valence-corrected chi connectivity index (χ3v) is 5.42. The van der Waals surface area contributed by atoms with Gasteiger partial charge in [0, 0.05) is 11.1 Å². The van der Waals surface area contributed by atoms with Gasteiger partial charge >= 0.3 is 0 Å². The highest BCUT2D eigenvalue weighted by molar-refractivity contribution is 7.99. The van der Waals surface area contributed by atoms with E-state index < -0.39 is 0 Å². The Kier molecular flexibility index (Phi) is 5.67. The van der Waals surface area contributed by atoms with E-state index >= 15 is 0 Å². The molecule has 144 valence electrons. The average molecular weight is 401 g/mol. The van der Waals surface area contributed by atoms with Crippen molar-refractivity contribution in [3.63, 3.8) is 0 Å². The Labute approximate surface area is 173 Å². The van der Waals surface area contributed by atoms with Crippen molar-refractivity contribution < 1.29 is 4.79 Å². The predicted molar refractivity (Wildman–Crippen MR) is 112 cm³/mol. The van der Waals surface area contributed by atoms with Crippen molar-refractivity contribution in [3.8, 4) is 5.69 Å². The lowest BCUT2D eigenvalue weighted by Gasteiger charge is -2.16. The maximum Gasteiger partial charge on any atom is 0.254 e. The number of hydrogen-bond donors (Lipinski definition) is 1. The average Bonchev–Trinajstić information content (AvgIpc) is 3.30. The van der Waals surface area contributed by atoms with Crippen molar-refractivity contribution >= 4 is 17.7 Å². The van der Waals surface area contributed by atoms with E-state index in [9.17, 15) is 4.79 Å². The topological polar surface area (TPSA) is 72.7 Å². The minimum absolute atomic E-state index is 0.149. The van der Waals surface area contributed by atoms with Crippen LogP contribution < -0.4 is 5.32 Å². The number of carbonyl (C=O) groups is 1. The molecular formula is C22H19N5OS. The lowest BCUT2D eigenvalue weighted by Crippen LogP contribution is -2.27. The van der Waals surface area contributed by atoms with E-state index in [4.69, 9.17) is 0 Å². The molecule has 0 fully saturated rings. The first-order valence-electron chi connectivity index (χ1n) is 9.14. The molecule has 4 aromatic rings. The fraction of sp³-hybridized carbons (Fsp3) is 0.0909. The minimum atomic E-state index is -0.151. The molecule has 0 unspecified atom stereocenters. The number of amides is 1. The van der Waals surface area contributed by atoms with E-state index in [2.05, 4.69) is 20.4 Å². The maximum atomic E-state index is 12.9. The van der Waals surface area contributed by atoms with Gasteiger partial charge in [0.1, 0.15) is 17.7 Å². The first-order valence-corrected chi connectivity index (χ1v) is 9.96. The lowest BCUT2D eigenvalue weighted by molar-refractivity contribution is 0.0936. The van der Waals surface area contributed by atoms with Crippen LogP contribution in [0.1, 0.15) is 28.9 Å². The van der Waals surface area contributed by atoms with Crippen LogP contribution in [0, 0.1) is 0 Å². The van der Waals surface area contributed by atoms with Gasteiger partial charge in [-0.3, -0.25) is 4.79 Å². The Morgan fingerprint density at radius 1 is 1.03 bits per heavy atom. The maximum absolute atomic E-state index is 12.9. The number of rotatable bonds is 6. The molecule has 7 heteroatoms. The number of nitrogens with one attached hydrogen (secondary N) is 1. The van der Waals surface area contributed by atoms with Gasteiger partial charge in [0.15, 0.2) is 0 Å². The summed E-state index contributed by atoms with van der Waals surface area (Å²) < 4.78 is 1.69. The summed E-state index contributed by atoms with van der Waals surface area (Å²) in [5.74, 6) is -0.149. The summed E-state index contributed by atoms with van der Waals surface area (Å²) in [7, 11) is 0. The molecule has 0 spiro atoms. The van der Waals surface area contributed by atoms with Gasteiger partial charge in [-0.25, -0.2) is 14.6 Å². The third-order valence-electron chi connectivity index (χ3n) is 4.40. The number of carbonyl (C=O) groups excluding carboxylic acids is 1. The molecule has 0 aliphatic heterocycles. The monoisotopic (exact) mass is 401 g/mol. The van der Waals surface area contributed by atoms with Crippen molar-refractivity contribution in [1.29, 1.82) is 0 Å². The van der Waals surface area contributed by atoms with E-state index in [-0.39, 0.29) is 11.9 Å². The molecule has 0 saturated carbocycles. The van der Waals surface area contributed by atoms with Crippen LogP contribution in [0.25, 0.3) is 5.69 Å². The van der Waals surface area contributed by atoms with Crippen molar-refractivity contribution in [2.75, 3.05) is 0 Å². The summed E-state index contributed by atoms with van der Waals surface area (Å²) in [5, 5.41) is 7.87. The van der Waals surface area contributed by atoms with Crippen LogP contribution in [0.2, 0.25) is 0 Å². The first kappa shape index (κ1) is 18.9. The van der Waals surface area contributed by atoms with Gasteiger partial charge in [-0.1, -0.05) is 42.1 Å². The molecule has 0 aliphatic carbocycles. The Bertz CT molecular complexity index is 1080. The van der Waals surface area contributed by atoms with Crippen molar-refractivity contribution in [2.24, 2.45) is 0 Å². The largest absolute Gasteiger partial charge is 0.345 e. The van der Waals surface area contributed by atoms with Gasteiger partial charge in [0.05, 0.1) is 17.3 Å². The molecule has 1 N–H and O–H groups in total. The van der Waals surface area contributed by atoms with Crippen LogP contribution >= 0.6 is 11.8 Å². The minimum Gasteiger partial charge on any atom is -0.345 e. The lowest BCUT2D eigenvalue weighted by atomic mass is 10.1. The summed E-state index contributed by atoms with van der Waals surface area (Å²) in [5.41, 5.74) is 2.48. The first-order chi connectivity index (χ1) is 14.2. The van der Waals surface area contributed by atoms with Gasteiger partial charge < -0.3 is 5.32 Å². The highest BCUT2D eigenvalue weighted by Gasteiger charge is 2.16. The molecule has 1 atom stereocenters. The molecule has 4 rings (SSSR count).